The van der Waals surface area contributed by atoms with Crippen LogP contribution in [0.3, 0.4) is 0 Å². The first kappa shape index (κ1) is 12.5. The summed E-state index contributed by atoms with van der Waals surface area (Å²) in [5.41, 5.74) is 2.87. The average molecular weight is 268 g/mol. The van der Waals surface area contributed by atoms with Crippen molar-refractivity contribution in [2.75, 3.05) is 5.32 Å². The number of fused-ring (bicyclic) bond motifs is 1. The highest BCUT2D eigenvalue weighted by Gasteiger charge is 2.12. The van der Waals surface area contributed by atoms with Gasteiger partial charge in [0.25, 0.3) is 0 Å². The number of nitrogens with zero attached hydrogens (tertiary/aromatic N) is 5. The smallest absolute Gasteiger partial charge is 0.204 e. The van der Waals surface area contributed by atoms with Gasteiger partial charge in [0.15, 0.2) is 0 Å². The fourth-order valence-electron chi connectivity index (χ4n) is 2.16. The molecule has 1 unspecified atom stereocenters. The van der Waals surface area contributed by atoms with Crippen LogP contribution in [0.25, 0.3) is 11.0 Å². The molecule has 0 amide bonds. The fraction of sp³-hybridized carbons (Fsp3) is 0.286. The molecule has 0 aliphatic heterocycles. The Labute approximate surface area is 116 Å². The van der Waals surface area contributed by atoms with Gasteiger partial charge in [0, 0.05) is 19.4 Å². The molecule has 0 radical (unpaired) electrons. The molecule has 0 aliphatic carbocycles. The van der Waals surface area contributed by atoms with Crippen LogP contribution in [0.1, 0.15) is 24.5 Å². The molecule has 1 N–H and O–H groups in total. The van der Waals surface area contributed by atoms with Gasteiger partial charge < -0.3 is 9.88 Å². The molecule has 0 aliphatic rings. The van der Waals surface area contributed by atoms with E-state index in [4.69, 9.17) is 0 Å². The molecule has 3 aromatic heterocycles. The molecule has 102 valence electrons. The lowest BCUT2D eigenvalue weighted by atomic mass is 10.2. The highest BCUT2D eigenvalue weighted by molar-refractivity contribution is 5.77. The van der Waals surface area contributed by atoms with Crippen LogP contribution in [-0.4, -0.2) is 24.5 Å². The second-order valence-corrected chi connectivity index (χ2v) is 4.75. The SMILES string of the molecule is Cc1nccc(C(C)Nc2nc3cnccc3n2C)n1. The van der Waals surface area contributed by atoms with E-state index < -0.39 is 0 Å². The maximum absolute atomic E-state index is 4.55. The minimum atomic E-state index is 0.0557. The van der Waals surface area contributed by atoms with Gasteiger partial charge in [-0.25, -0.2) is 15.0 Å². The lowest BCUT2D eigenvalue weighted by Crippen LogP contribution is -2.12. The Kier molecular flexibility index (Phi) is 3.06. The number of aryl methyl sites for hydroxylation is 2. The van der Waals surface area contributed by atoms with Crippen molar-refractivity contribution in [3.63, 3.8) is 0 Å². The monoisotopic (exact) mass is 268 g/mol. The molecule has 0 fully saturated rings. The van der Waals surface area contributed by atoms with Crippen LogP contribution in [0.2, 0.25) is 0 Å². The Balaban J connectivity index is 1.91. The summed E-state index contributed by atoms with van der Waals surface area (Å²) in [5, 5.41) is 3.38. The molecule has 0 aromatic carbocycles. The van der Waals surface area contributed by atoms with E-state index in [-0.39, 0.29) is 6.04 Å². The van der Waals surface area contributed by atoms with Crippen LogP contribution in [0.5, 0.6) is 0 Å². The maximum atomic E-state index is 4.55. The Morgan fingerprint density at radius 3 is 2.80 bits per heavy atom. The van der Waals surface area contributed by atoms with Crippen LogP contribution in [0.4, 0.5) is 5.95 Å². The van der Waals surface area contributed by atoms with Gasteiger partial charge in [0.05, 0.1) is 23.4 Å². The molecule has 3 aromatic rings. The summed E-state index contributed by atoms with van der Waals surface area (Å²) in [7, 11) is 1.98. The summed E-state index contributed by atoms with van der Waals surface area (Å²) in [6.45, 7) is 3.94. The molecule has 20 heavy (non-hydrogen) atoms. The van der Waals surface area contributed by atoms with Crippen molar-refractivity contribution >= 4 is 17.0 Å². The molecule has 0 bridgehead atoms. The summed E-state index contributed by atoms with van der Waals surface area (Å²) in [6.07, 6.45) is 5.31. The van der Waals surface area contributed by atoms with E-state index >= 15 is 0 Å². The molecule has 3 rings (SSSR count). The van der Waals surface area contributed by atoms with Gasteiger partial charge in [-0.05, 0) is 26.0 Å². The molecule has 6 heteroatoms. The van der Waals surface area contributed by atoms with Gasteiger partial charge in [-0.15, -0.1) is 0 Å². The third-order valence-electron chi connectivity index (χ3n) is 3.27. The van der Waals surface area contributed by atoms with Crippen LogP contribution in [0, 0.1) is 6.92 Å². The van der Waals surface area contributed by atoms with Crippen LogP contribution in [-0.2, 0) is 7.05 Å². The summed E-state index contributed by atoms with van der Waals surface area (Å²) in [6, 6.07) is 3.92. The summed E-state index contributed by atoms with van der Waals surface area (Å²) in [5.74, 6) is 1.57. The Morgan fingerprint density at radius 2 is 2.05 bits per heavy atom. The second kappa shape index (κ2) is 4.88. The second-order valence-electron chi connectivity index (χ2n) is 4.75. The summed E-state index contributed by atoms with van der Waals surface area (Å²) in [4.78, 5) is 17.2. The zero-order valence-electron chi connectivity index (χ0n) is 11.7. The number of nitrogens with one attached hydrogen (secondary N) is 1. The largest absolute Gasteiger partial charge is 0.348 e. The van der Waals surface area contributed by atoms with Crippen molar-refractivity contribution in [3.8, 4) is 0 Å². The van der Waals surface area contributed by atoms with Crippen LogP contribution < -0.4 is 5.32 Å². The molecule has 0 spiro atoms. The van der Waals surface area contributed by atoms with Crippen molar-refractivity contribution in [1.29, 1.82) is 0 Å². The van der Waals surface area contributed by atoms with Crippen LogP contribution in [0.15, 0.2) is 30.7 Å². The van der Waals surface area contributed by atoms with E-state index in [1.807, 2.05) is 30.7 Å². The number of imidazole rings is 1. The fourth-order valence-corrected chi connectivity index (χ4v) is 2.16. The van der Waals surface area contributed by atoms with E-state index in [9.17, 15) is 0 Å². The van der Waals surface area contributed by atoms with Crippen molar-refractivity contribution in [3.05, 3.63) is 42.2 Å². The number of hydrogen-bond acceptors (Lipinski definition) is 5. The van der Waals surface area contributed by atoms with Crippen molar-refractivity contribution in [1.82, 2.24) is 24.5 Å². The molecular weight excluding hydrogens is 252 g/mol. The van der Waals surface area contributed by atoms with Gasteiger partial charge in [0.1, 0.15) is 11.3 Å². The van der Waals surface area contributed by atoms with E-state index in [0.717, 1.165) is 28.5 Å². The first-order valence-electron chi connectivity index (χ1n) is 6.47. The lowest BCUT2D eigenvalue weighted by Gasteiger charge is -2.14. The molecule has 1 atom stereocenters. The lowest BCUT2D eigenvalue weighted by molar-refractivity contribution is 0.788. The normalized spacial score (nSPS) is 12.6. The number of anilines is 1. The van der Waals surface area contributed by atoms with Gasteiger partial charge in [-0.2, -0.15) is 0 Å². The zero-order valence-corrected chi connectivity index (χ0v) is 11.7. The maximum Gasteiger partial charge on any atom is 0.204 e. The molecular formula is C14H16N6. The van der Waals surface area contributed by atoms with Gasteiger partial charge in [-0.1, -0.05) is 0 Å². The topological polar surface area (TPSA) is 68.5 Å². The number of aromatic nitrogens is 5. The Morgan fingerprint density at radius 1 is 1.20 bits per heavy atom. The zero-order chi connectivity index (χ0) is 14.1. The number of rotatable bonds is 3. The van der Waals surface area contributed by atoms with Crippen molar-refractivity contribution < 1.29 is 0 Å². The minimum absolute atomic E-state index is 0.0557. The molecule has 0 saturated heterocycles. The number of pyridine rings is 1. The van der Waals surface area contributed by atoms with Crippen molar-refractivity contribution in [2.24, 2.45) is 7.05 Å². The predicted octanol–water partition coefficient (Wildman–Crippen LogP) is 2.24. The minimum Gasteiger partial charge on any atom is -0.348 e. The Bertz CT molecular complexity index is 748. The first-order chi connectivity index (χ1) is 9.65. The third-order valence-corrected chi connectivity index (χ3v) is 3.27. The van der Waals surface area contributed by atoms with Crippen molar-refractivity contribution in [2.45, 2.75) is 19.9 Å². The van der Waals surface area contributed by atoms with Gasteiger partial charge in [-0.3, -0.25) is 4.98 Å². The Hall–Kier alpha value is -2.50. The summed E-state index contributed by atoms with van der Waals surface area (Å²) >= 11 is 0. The van der Waals surface area contributed by atoms with E-state index in [1.54, 1.807) is 18.6 Å². The molecule has 3 heterocycles. The average Bonchev–Trinajstić information content (AvgIpc) is 2.76. The van der Waals surface area contributed by atoms with Gasteiger partial charge in [0.2, 0.25) is 5.95 Å². The van der Waals surface area contributed by atoms with E-state index in [0.29, 0.717) is 0 Å². The van der Waals surface area contributed by atoms with E-state index in [1.165, 1.54) is 0 Å². The van der Waals surface area contributed by atoms with Gasteiger partial charge >= 0.3 is 0 Å². The van der Waals surface area contributed by atoms with E-state index in [2.05, 4.69) is 32.2 Å². The number of hydrogen-bond donors (Lipinski definition) is 1. The predicted molar refractivity (Wildman–Crippen MR) is 77.3 cm³/mol. The first-order valence-corrected chi connectivity index (χ1v) is 6.47. The third kappa shape index (κ3) is 2.20. The highest BCUT2D eigenvalue weighted by Crippen LogP contribution is 2.21. The standard InChI is InChI=1S/C14H16N6/c1-9(11-4-7-16-10(2)18-11)17-14-19-12-8-15-6-5-13(12)20(14)3/h4-9H,1-3H3,(H,17,19). The quantitative estimate of drug-likeness (QED) is 0.789. The van der Waals surface area contributed by atoms with Crippen LogP contribution >= 0.6 is 0 Å². The molecule has 6 nitrogen and oxygen atoms in total. The molecule has 0 saturated carbocycles. The summed E-state index contributed by atoms with van der Waals surface area (Å²) < 4.78 is 2.02. The highest BCUT2D eigenvalue weighted by atomic mass is 15.2.